The van der Waals surface area contributed by atoms with Crippen LogP contribution in [0.5, 0.6) is 0 Å². The number of nitrogens with zero attached hydrogens (tertiary/aromatic N) is 2. The van der Waals surface area contributed by atoms with Crippen LogP contribution in [-0.4, -0.2) is 36.8 Å². The summed E-state index contributed by atoms with van der Waals surface area (Å²) >= 11 is 1.37. The van der Waals surface area contributed by atoms with E-state index in [-0.39, 0.29) is 11.9 Å². The average Bonchev–Trinajstić information content (AvgIpc) is 3.20. The van der Waals surface area contributed by atoms with Crippen LogP contribution in [0.4, 0.5) is 0 Å². The van der Waals surface area contributed by atoms with Crippen LogP contribution in [0, 0.1) is 0 Å². The molecular weight excluding hydrogens is 448 g/mol. The van der Waals surface area contributed by atoms with Crippen LogP contribution in [0.2, 0.25) is 0 Å². The summed E-state index contributed by atoms with van der Waals surface area (Å²) in [5.74, 6) is -1.14. The molecule has 3 aromatic carbocycles. The van der Waals surface area contributed by atoms with Gasteiger partial charge in [-0.15, -0.1) is 0 Å². The van der Waals surface area contributed by atoms with E-state index in [9.17, 15) is 9.59 Å². The zero-order valence-electron chi connectivity index (χ0n) is 19.1. The van der Waals surface area contributed by atoms with Gasteiger partial charge in [-0.05, 0) is 36.2 Å². The summed E-state index contributed by atoms with van der Waals surface area (Å²) in [4.78, 5) is 31.0. The smallest absolute Gasteiger partial charge is 0.338 e. The third-order valence-corrected chi connectivity index (χ3v) is 6.47. The Morgan fingerprint density at radius 2 is 1.62 bits per heavy atom. The van der Waals surface area contributed by atoms with Gasteiger partial charge in [0.1, 0.15) is 0 Å². The quantitative estimate of drug-likeness (QED) is 0.345. The molecule has 1 amide bonds. The maximum Gasteiger partial charge on any atom is 0.338 e. The number of rotatable bonds is 8. The van der Waals surface area contributed by atoms with Crippen molar-refractivity contribution >= 4 is 33.4 Å². The van der Waals surface area contributed by atoms with Gasteiger partial charge in [0.25, 0.3) is 5.91 Å². The Morgan fingerprint density at radius 1 is 0.971 bits per heavy atom. The zero-order valence-corrected chi connectivity index (χ0v) is 20.0. The molecule has 0 saturated carbocycles. The van der Waals surface area contributed by atoms with Crippen LogP contribution in [-0.2, 0) is 20.8 Å². The van der Waals surface area contributed by atoms with Gasteiger partial charge >= 0.3 is 5.97 Å². The van der Waals surface area contributed by atoms with Crippen molar-refractivity contribution < 1.29 is 19.1 Å². The Morgan fingerprint density at radius 3 is 2.21 bits per heavy atom. The summed E-state index contributed by atoms with van der Waals surface area (Å²) in [6, 6.07) is 24.7. The number of ether oxygens (including phenoxy) is 2. The molecule has 0 spiro atoms. The molecule has 0 aliphatic carbocycles. The highest BCUT2D eigenvalue weighted by Gasteiger charge is 2.23. The summed E-state index contributed by atoms with van der Waals surface area (Å²) in [7, 11) is 1.64. The Hall–Kier alpha value is -3.55. The number of fused-ring (bicyclic) bond motifs is 1. The fraction of sp³-hybridized carbons (Fsp3) is 0.222. The van der Waals surface area contributed by atoms with Crippen molar-refractivity contribution in [3.63, 3.8) is 0 Å². The number of carbonyl (C=O) groups excluding carboxylic acids is 2. The normalized spacial score (nSPS) is 11.8. The van der Waals surface area contributed by atoms with E-state index in [4.69, 9.17) is 9.47 Å². The lowest BCUT2D eigenvalue weighted by Crippen LogP contribution is -2.22. The highest BCUT2D eigenvalue weighted by Crippen LogP contribution is 2.26. The standard InChI is InChI=1S/C27H26N2O4S/c1-3-33-26(31)21-14-15-22-23(18-21)34-27(29(22)16-17-32-2)28-25(30)24(19-10-6-4-7-11-19)20-12-8-5-9-13-20/h4-15,18,24H,3,16-17H2,1-2H3. The summed E-state index contributed by atoms with van der Waals surface area (Å²) in [5.41, 5.74) is 3.13. The molecular formula is C27H26N2O4S. The number of carbonyl (C=O) groups is 2. The maximum absolute atomic E-state index is 13.6. The molecule has 1 heterocycles. The number of hydrogen-bond donors (Lipinski definition) is 0. The number of methoxy groups -OCH3 is 1. The molecule has 174 valence electrons. The number of aromatic nitrogens is 1. The minimum Gasteiger partial charge on any atom is -0.462 e. The molecule has 0 atom stereocenters. The summed E-state index contributed by atoms with van der Waals surface area (Å²) in [6.45, 7) is 3.08. The van der Waals surface area contributed by atoms with Crippen molar-refractivity contribution in [2.24, 2.45) is 4.99 Å². The first-order valence-electron chi connectivity index (χ1n) is 11.1. The van der Waals surface area contributed by atoms with Crippen molar-refractivity contribution in [1.82, 2.24) is 4.57 Å². The molecule has 7 heteroatoms. The second kappa shape index (κ2) is 11.0. The van der Waals surface area contributed by atoms with E-state index >= 15 is 0 Å². The van der Waals surface area contributed by atoms with Crippen molar-refractivity contribution in [2.75, 3.05) is 20.3 Å². The number of hydrogen-bond acceptors (Lipinski definition) is 5. The average molecular weight is 475 g/mol. The van der Waals surface area contributed by atoms with Gasteiger partial charge in [0.05, 0.1) is 34.9 Å². The predicted molar refractivity (Wildman–Crippen MR) is 133 cm³/mol. The molecule has 0 N–H and O–H groups in total. The molecule has 4 aromatic rings. The van der Waals surface area contributed by atoms with E-state index in [1.165, 1.54) is 11.3 Å². The fourth-order valence-electron chi connectivity index (χ4n) is 3.83. The van der Waals surface area contributed by atoms with Crippen LogP contribution in [0.25, 0.3) is 10.2 Å². The fourth-order valence-corrected chi connectivity index (χ4v) is 4.93. The van der Waals surface area contributed by atoms with Crippen LogP contribution < -0.4 is 4.80 Å². The lowest BCUT2D eigenvalue weighted by molar-refractivity contribution is -0.118. The summed E-state index contributed by atoms with van der Waals surface area (Å²) in [5, 5.41) is 0. The third kappa shape index (κ3) is 5.16. The predicted octanol–water partition coefficient (Wildman–Crippen LogP) is 4.79. The Bertz CT molecular complexity index is 1300. The molecule has 0 radical (unpaired) electrons. The first kappa shape index (κ1) is 23.6. The Balaban J connectivity index is 1.82. The summed E-state index contributed by atoms with van der Waals surface area (Å²) < 4.78 is 13.2. The summed E-state index contributed by atoms with van der Waals surface area (Å²) in [6.07, 6.45) is 0. The molecule has 4 rings (SSSR count). The van der Waals surface area contributed by atoms with Crippen LogP contribution in [0.15, 0.2) is 83.9 Å². The molecule has 0 saturated heterocycles. The Kier molecular flexibility index (Phi) is 7.67. The minimum atomic E-state index is -0.515. The van der Waals surface area contributed by atoms with Gasteiger partial charge in [-0.25, -0.2) is 4.79 Å². The molecule has 0 bridgehead atoms. The van der Waals surface area contributed by atoms with E-state index in [1.807, 2.05) is 71.3 Å². The Labute approximate surface area is 202 Å². The SMILES string of the molecule is CCOC(=O)c1ccc2c(c1)sc(=NC(=O)C(c1ccccc1)c1ccccc1)n2CCOC. The molecule has 34 heavy (non-hydrogen) atoms. The molecule has 0 aliphatic rings. The maximum atomic E-state index is 13.6. The highest BCUT2D eigenvalue weighted by molar-refractivity contribution is 7.16. The topological polar surface area (TPSA) is 69.9 Å². The second-order valence-electron chi connectivity index (χ2n) is 7.64. The molecule has 6 nitrogen and oxygen atoms in total. The monoisotopic (exact) mass is 474 g/mol. The molecule has 1 aromatic heterocycles. The van der Waals surface area contributed by atoms with Gasteiger partial charge in [-0.1, -0.05) is 72.0 Å². The van der Waals surface area contributed by atoms with E-state index in [1.54, 1.807) is 26.2 Å². The second-order valence-corrected chi connectivity index (χ2v) is 8.65. The van der Waals surface area contributed by atoms with E-state index in [2.05, 4.69) is 4.99 Å². The molecule has 0 aliphatic heterocycles. The van der Waals surface area contributed by atoms with Crippen molar-refractivity contribution in [2.45, 2.75) is 19.4 Å². The van der Waals surface area contributed by atoms with Gasteiger partial charge in [-0.2, -0.15) is 4.99 Å². The van der Waals surface area contributed by atoms with E-state index < -0.39 is 5.92 Å². The van der Waals surface area contributed by atoms with E-state index in [0.717, 1.165) is 21.3 Å². The molecule has 0 unspecified atom stereocenters. The van der Waals surface area contributed by atoms with Crippen molar-refractivity contribution in [1.29, 1.82) is 0 Å². The van der Waals surface area contributed by atoms with Gasteiger partial charge in [0.15, 0.2) is 4.80 Å². The van der Waals surface area contributed by atoms with Crippen LogP contribution >= 0.6 is 11.3 Å². The number of esters is 1. The lowest BCUT2D eigenvalue weighted by atomic mass is 9.91. The number of thiazole rings is 1. The largest absolute Gasteiger partial charge is 0.462 e. The van der Waals surface area contributed by atoms with Gasteiger partial charge in [0.2, 0.25) is 0 Å². The lowest BCUT2D eigenvalue weighted by Gasteiger charge is -2.14. The van der Waals surface area contributed by atoms with Gasteiger partial charge in [-0.3, -0.25) is 4.79 Å². The number of amides is 1. The first-order valence-corrected chi connectivity index (χ1v) is 11.9. The van der Waals surface area contributed by atoms with Gasteiger partial charge < -0.3 is 14.0 Å². The van der Waals surface area contributed by atoms with Gasteiger partial charge in [0, 0.05) is 13.7 Å². The number of benzene rings is 3. The molecule has 0 fully saturated rings. The van der Waals surface area contributed by atoms with Crippen LogP contribution in [0.1, 0.15) is 34.3 Å². The highest BCUT2D eigenvalue weighted by atomic mass is 32.1. The zero-order chi connectivity index (χ0) is 23.9. The van der Waals surface area contributed by atoms with Crippen LogP contribution in [0.3, 0.4) is 0 Å². The van der Waals surface area contributed by atoms with E-state index in [0.29, 0.717) is 30.1 Å². The van der Waals surface area contributed by atoms with Crippen molar-refractivity contribution in [3.05, 3.63) is 100 Å². The van der Waals surface area contributed by atoms with Crippen molar-refractivity contribution in [3.8, 4) is 0 Å². The minimum absolute atomic E-state index is 0.249. The third-order valence-electron chi connectivity index (χ3n) is 5.43. The first-order chi connectivity index (χ1) is 16.6.